The number of fused-ring (bicyclic) bond motifs is 1. The molecule has 0 fully saturated rings. The van der Waals surface area contributed by atoms with E-state index in [0.29, 0.717) is 13.2 Å². The molecule has 3 heterocycles. The van der Waals surface area contributed by atoms with Gasteiger partial charge in [0.15, 0.2) is 0 Å². The second-order valence-corrected chi connectivity index (χ2v) is 6.01. The quantitative estimate of drug-likeness (QED) is 0.570. The lowest BCUT2D eigenvalue weighted by Gasteiger charge is -2.13. The van der Waals surface area contributed by atoms with E-state index in [1.165, 1.54) is 0 Å². The van der Waals surface area contributed by atoms with Gasteiger partial charge in [-0.15, -0.1) is 0 Å². The number of rotatable bonds is 5. The van der Waals surface area contributed by atoms with Crippen molar-refractivity contribution in [3.8, 4) is 28.3 Å². The lowest BCUT2D eigenvalue weighted by molar-refractivity contribution is 0.341. The van der Waals surface area contributed by atoms with Crippen LogP contribution >= 0.6 is 0 Å². The summed E-state index contributed by atoms with van der Waals surface area (Å²) in [4.78, 5) is 12.2. The maximum absolute atomic E-state index is 5.89. The first kappa shape index (κ1) is 16.3. The van der Waals surface area contributed by atoms with Crippen LogP contribution in [0.3, 0.4) is 0 Å². The number of aromatic nitrogens is 3. The highest BCUT2D eigenvalue weighted by Gasteiger charge is 2.13. The Bertz CT molecular complexity index is 1020. The Morgan fingerprint density at radius 3 is 2.85 bits per heavy atom. The zero-order valence-corrected chi connectivity index (χ0v) is 14.6. The van der Waals surface area contributed by atoms with E-state index < -0.39 is 0 Å². The fraction of sp³-hybridized carbons (Fsp3) is 0.143. The summed E-state index contributed by atoms with van der Waals surface area (Å²) in [5.41, 5.74) is 11.8. The van der Waals surface area contributed by atoms with Crippen molar-refractivity contribution in [2.45, 2.75) is 13.5 Å². The first-order valence-corrected chi connectivity index (χ1v) is 8.64. The molecule has 0 aliphatic heterocycles. The first-order valence-electron chi connectivity index (χ1n) is 8.64. The van der Waals surface area contributed by atoms with Crippen molar-refractivity contribution in [1.29, 1.82) is 0 Å². The second-order valence-electron chi connectivity index (χ2n) is 6.01. The van der Waals surface area contributed by atoms with Crippen LogP contribution in [-0.4, -0.2) is 21.6 Å². The van der Waals surface area contributed by atoms with Crippen molar-refractivity contribution in [3.05, 3.63) is 66.6 Å². The van der Waals surface area contributed by atoms with E-state index in [4.69, 9.17) is 10.5 Å². The van der Waals surface area contributed by atoms with Gasteiger partial charge in [0.05, 0.1) is 18.0 Å². The van der Waals surface area contributed by atoms with E-state index in [2.05, 4.69) is 27.1 Å². The number of ether oxygens (including phenoxy) is 1. The molecule has 0 saturated heterocycles. The van der Waals surface area contributed by atoms with Gasteiger partial charge >= 0.3 is 0 Å². The van der Waals surface area contributed by atoms with E-state index in [1.54, 1.807) is 12.4 Å². The molecule has 0 unspecified atom stereocenters. The van der Waals surface area contributed by atoms with Gasteiger partial charge in [0.2, 0.25) is 0 Å². The zero-order chi connectivity index (χ0) is 17.9. The first-order chi connectivity index (χ1) is 12.8. The van der Waals surface area contributed by atoms with Crippen LogP contribution in [0.5, 0.6) is 5.75 Å². The Hall–Kier alpha value is -3.18. The van der Waals surface area contributed by atoms with Crippen LogP contribution in [0.15, 0.2) is 61.1 Å². The van der Waals surface area contributed by atoms with Gasteiger partial charge in [-0.3, -0.25) is 9.97 Å². The Morgan fingerprint density at radius 1 is 1.12 bits per heavy atom. The molecule has 0 atom stereocenters. The molecular formula is C21H20N4O. The van der Waals surface area contributed by atoms with Crippen LogP contribution in [0, 0.1) is 0 Å². The largest absolute Gasteiger partial charge is 0.493 e. The van der Waals surface area contributed by atoms with Gasteiger partial charge in [0, 0.05) is 47.2 Å². The lowest BCUT2D eigenvalue weighted by atomic mass is 10.0. The average molecular weight is 344 g/mol. The SMILES string of the molecule is CCOc1ccc(-c2ncccc2CN)cc1-c1cc2cnccc2[nH]1. The molecule has 0 amide bonds. The number of pyridine rings is 2. The third-order valence-electron chi connectivity index (χ3n) is 4.38. The summed E-state index contributed by atoms with van der Waals surface area (Å²) in [6.07, 6.45) is 5.42. The maximum atomic E-state index is 5.89. The van der Waals surface area contributed by atoms with Gasteiger partial charge < -0.3 is 15.5 Å². The Morgan fingerprint density at radius 2 is 2.04 bits per heavy atom. The Labute approximate surface area is 151 Å². The number of benzene rings is 1. The van der Waals surface area contributed by atoms with Crippen LogP contribution < -0.4 is 10.5 Å². The molecule has 0 spiro atoms. The molecule has 3 aromatic heterocycles. The summed E-state index contributed by atoms with van der Waals surface area (Å²) in [6, 6.07) is 14.1. The molecule has 0 aliphatic rings. The minimum Gasteiger partial charge on any atom is -0.493 e. The van der Waals surface area contributed by atoms with Crippen molar-refractivity contribution in [1.82, 2.24) is 15.0 Å². The monoisotopic (exact) mass is 344 g/mol. The van der Waals surface area contributed by atoms with E-state index in [1.807, 2.05) is 43.5 Å². The number of hydrogen-bond donors (Lipinski definition) is 2. The number of nitrogens with one attached hydrogen (secondary N) is 1. The predicted octanol–water partition coefficient (Wildman–Crippen LogP) is 4.15. The fourth-order valence-electron chi connectivity index (χ4n) is 3.15. The number of hydrogen-bond acceptors (Lipinski definition) is 4. The molecule has 5 nitrogen and oxygen atoms in total. The van der Waals surface area contributed by atoms with Crippen LogP contribution in [0.2, 0.25) is 0 Å². The molecule has 1 aromatic carbocycles. The average Bonchev–Trinajstić information content (AvgIpc) is 3.12. The summed E-state index contributed by atoms with van der Waals surface area (Å²) < 4.78 is 5.85. The predicted molar refractivity (Wildman–Crippen MR) is 104 cm³/mol. The van der Waals surface area contributed by atoms with E-state index in [0.717, 1.165) is 44.7 Å². The van der Waals surface area contributed by atoms with Crippen molar-refractivity contribution in [2.24, 2.45) is 5.73 Å². The minimum absolute atomic E-state index is 0.448. The van der Waals surface area contributed by atoms with Crippen LogP contribution in [0.1, 0.15) is 12.5 Å². The summed E-state index contributed by atoms with van der Waals surface area (Å²) in [5, 5.41) is 1.07. The molecule has 26 heavy (non-hydrogen) atoms. The topological polar surface area (TPSA) is 76.8 Å². The second kappa shape index (κ2) is 6.98. The highest BCUT2D eigenvalue weighted by Crippen LogP contribution is 2.35. The zero-order valence-electron chi connectivity index (χ0n) is 14.6. The maximum Gasteiger partial charge on any atom is 0.128 e. The lowest BCUT2D eigenvalue weighted by Crippen LogP contribution is -2.01. The van der Waals surface area contributed by atoms with Gasteiger partial charge in [-0.2, -0.15) is 0 Å². The van der Waals surface area contributed by atoms with E-state index >= 15 is 0 Å². The third-order valence-corrected chi connectivity index (χ3v) is 4.38. The van der Waals surface area contributed by atoms with Gasteiger partial charge in [0.25, 0.3) is 0 Å². The summed E-state index contributed by atoms with van der Waals surface area (Å²) in [6.45, 7) is 3.04. The molecule has 0 radical (unpaired) electrons. The standard InChI is InChI=1S/C21H20N4O/c1-2-26-20-6-5-14(21-15(12-22)4-3-8-24-21)10-17(20)19-11-16-13-23-9-7-18(16)25-19/h3-11,13,25H,2,12,22H2,1H3. The van der Waals surface area contributed by atoms with E-state index in [-0.39, 0.29) is 0 Å². The molecule has 130 valence electrons. The molecule has 0 aliphatic carbocycles. The number of aromatic amines is 1. The van der Waals surface area contributed by atoms with Crippen molar-refractivity contribution < 1.29 is 4.74 Å². The number of H-pyrrole nitrogens is 1. The number of nitrogens with two attached hydrogens (primary N) is 1. The van der Waals surface area contributed by atoms with Crippen molar-refractivity contribution in [3.63, 3.8) is 0 Å². The Kier molecular flexibility index (Phi) is 4.37. The van der Waals surface area contributed by atoms with Crippen LogP contribution in [0.25, 0.3) is 33.4 Å². The summed E-state index contributed by atoms with van der Waals surface area (Å²) >= 11 is 0. The summed E-state index contributed by atoms with van der Waals surface area (Å²) in [5.74, 6) is 0.834. The van der Waals surface area contributed by atoms with Gasteiger partial charge in [0.1, 0.15) is 5.75 Å². The van der Waals surface area contributed by atoms with Crippen LogP contribution in [-0.2, 0) is 6.54 Å². The summed E-state index contributed by atoms with van der Waals surface area (Å²) in [7, 11) is 0. The van der Waals surface area contributed by atoms with E-state index in [9.17, 15) is 0 Å². The third kappa shape index (κ3) is 2.93. The van der Waals surface area contributed by atoms with Crippen LogP contribution in [0.4, 0.5) is 0 Å². The molecule has 3 N–H and O–H groups in total. The van der Waals surface area contributed by atoms with Gasteiger partial charge in [-0.05, 0) is 48.9 Å². The molecular weight excluding hydrogens is 324 g/mol. The normalized spacial score (nSPS) is 11.0. The van der Waals surface area contributed by atoms with Gasteiger partial charge in [-0.1, -0.05) is 6.07 Å². The highest BCUT2D eigenvalue weighted by molar-refractivity contribution is 5.87. The highest BCUT2D eigenvalue weighted by atomic mass is 16.5. The molecule has 0 saturated carbocycles. The molecule has 5 heteroatoms. The van der Waals surface area contributed by atoms with Crippen molar-refractivity contribution >= 4 is 10.9 Å². The van der Waals surface area contributed by atoms with Gasteiger partial charge in [-0.25, -0.2) is 0 Å². The smallest absolute Gasteiger partial charge is 0.128 e. The van der Waals surface area contributed by atoms with Crippen molar-refractivity contribution in [2.75, 3.05) is 6.61 Å². The minimum atomic E-state index is 0.448. The molecule has 4 rings (SSSR count). The Balaban J connectivity index is 1.88. The fourth-order valence-corrected chi connectivity index (χ4v) is 3.15. The number of nitrogens with zero attached hydrogens (tertiary/aromatic N) is 2. The molecule has 0 bridgehead atoms. The molecule has 4 aromatic rings.